The summed E-state index contributed by atoms with van der Waals surface area (Å²) < 4.78 is 0. The van der Waals surface area contributed by atoms with Crippen molar-refractivity contribution in [3.63, 3.8) is 0 Å². The van der Waals surface area contributed by atoms with Crippen LogP contribution in [0.1, 0.15) is 23.2 Å². The molecule has 3 rings (SSSR count). The van der Waals surface area contributed by atoms with Crippen LogP contribution in [0.25, 0.3) is 10.9 Å². The summed E-state index contributed by atoms with van der Waals surface area (Å²) in [7, 11) is 0. The number of fused-ring (bicyclic) bond motifs is 1. The third-order valence-electron chi connectivity index (χ3n) is 3.82. The highest BCUT2D eigenvalue weighted by atomic mass is 16.3. The van der Waals surface area contributed by atoms with Gasteiger partial charge in [-0.05, 0) is 25.0 Å². The maximum Gasteiger partial charge on any atom is 0.255 e. The number of hydrogen-bond acceptors (Lipinski definition) is 4. The number of carbonyl (C=O) groups is 1. The molecule has 104 valence electrons. The van der Waals surface area contributed by atoms with Gasteiger partial charge in [0.25, 0.3) is 5.91 Å². The summed E-state index contributed by atoms with van der Waals surface area (Å²) in [5.74, 6) is 0.263. The topological polar surface area (TPSA) is 79.5 Å². The van der Waals surface area contributed by atoms with E-state index >= 15 is 0 Å². The predicted molar refractivity (Wildman–Crippen MR) is 77.3 cm³/mol. The number of amides is 1. The fourth-order valence-electron chi connectivity index (χ4n) is 2.82. The number of carbonyl (C=O) groups excluding carboxylic acids is 1. The molecule has 1 aliphatic rings. The maximum atomic E-state index is 12.7. The largest absolute Gasteiger partial charge is 0.394 e. The van der Waals surface area contributed by atoms with E-state index in [1.165, 1.54) is 0 Å². The Balaban J connectivity index is 2.07. The zero-order valence-corrected chi connectivity index (χ0v) is 11.1. The molecule has 1 unspecified atom stereocenters. The van der Waals surface area contributed by atoms with Crippen LogP contribution in [0.3, 0.4) is 0 Å². The predicted octanol–water partition coefficient (Wildman–Crippen LogP) is 1.41. The van der Waals surface area contributed by atoms with Crippen molar-refractivity contribution in [1.29, 1.82) is 0 Å². The summed E-state index contributed by atoms with van der Waals surface area (Å²) in [6.07, 6.45) is 1.77. The van der Waals surface area contributed by atoms with Gasteiger partial charge in [0.1, 0.15) is 5.82 Å². The Hall–Kier alpha value is -2.14. The number of benzene rings is 1. The molecule has 0 spiro atoms. The number of nitrogens with two attached hydrogens (primary N) is 1. The molecule has 1 saturated heterocycles. The smallest absolute Gasteiger partial charge is 0.255 e. The van der Waals surface area contributed by atoms with E-state index in [9.17, 15) is 9.90 Å². The molecule has 1 fully saturated rings. The van der Waals surface area contributed by atoms with E-state index in [2.05, 4.69) is 4.98 Å². The first-order chi connectivity index (χ1) is 9.70. The molecule has 0 bridgehead atoms. The van der Waals surface area contributed by atoms with Crippen LogP contribution in [0.5, 0.6) is 0 Å². The van der Waals surface area contributed by atoms with Crippen molar-refractivity contribution >= 4 is 22.6 Å². The molecule has 5 nitrogen and oxygen atoms in total. The van der Waals surface area contributed by atoms with Gasteiger partial charge >= 0.3 is 0 Å². The van der Waals surface area contributed by atoms with Crippen molar-refractivity contribution in [2.75, 3.05) is 18.9 Å². The van der Waals surface area contributed by atoms with Gasteiger partial charge < -0.3 is 15.7 Å². The number of likely N-dealkylation sites (tertiary alicyclic amines) is 1. The lowest BCUT2D eigenvalue weighted by Gasteiger charge is -2.23. The van der Waals surface area contributed by atoms with Crippen molar-refractivity contribution in [3.8, 4) is 0 Å². The van der Waals surface area contributed by atoms with Crippen molar-refractivity contribution in [1.82, 2.24) is 9.88 Å². The Bertz CT molecular complexity index is 657. The van der Waals surface area contributed by atoms with Gasteiger partial charge in [0.15, 0.2) is 0 Å². The summed E-state index contributed by atoms with van der Waals surface area (Å²) in [4.78, 5) is 18.7. The number of hydrogen-bond donors (Lipinski definition) is 2. The van der Waals surface area contributed by atoms with Gasteiger partial charge in [-0.2, -0.15) is 0 Å². The minimum Gasteiger partial charge on any atom is -0.394 e. The SMILES string of the molecule is Nc1cc(C(=O)N2CCCC2CO)c2ccccc2n1. The second kappa shape index (κ2) is 5.09. The zero-order chi connectivity index (χ0) is 14.1. The molecular formula is C15H17N3O2. The second-order valence-corrected chi connectivity index (χ2v) is 5.09. The summed E-state index contributed by atoms with van der Waals surface area (Å²) in [6.45, 7) is 0.685. The Morgan fingerprint density at radius 3 is 3.05 bits per heavy atom. The molecule has 1 aromatic heterocycles. The molecule has 2 heterocycles. The lowest BCUT2D eigenvalue weighted by Crippen LogP contribution is -2.37. The Morgan fingerprint density at radius 2 is 2.25 bits per heavy atom. The first kappa shape index (κ1) is 12.9. The molecule has 1 amide bonds. The lowest BCUT2D eigenvalue weighted by molar-refractivity contribution is 0.0679. The number of nitrogen functional groups attached to an aromatic ring is 1. The average Bonchev–Trinajstić information content (AvgIpc) is 2.94. The molecular weight excluding hydrogens is 254 g/mol. The van der Waals surface area contributed by atoms with Crippen LogP contribution in [0.4, 0.5) is 5.82 Å². The molecule has 3 N–H and O–H groups in total. The molecule has 1 aliphatic heterocycles. The highest BCUT2D eigenvalue weighted by molar-refractivity contribution is 6.07. The van der Waals surface area contributed by atoms with E-state index in [0.717, 1.165) is 23.7 Å². The number of nitrogens with zero attached hydrogens (tertiary/aromatic N) is 2. The van der Waals surface area contributed by atoms with Gasteiger partial charge in [0.2, 0.25) is 0 Å². The number of para-hydroxylation sites is 1. The Morgan fingerprint density at radius 1 is 1.45 bits per heavy atom. The molecule has 5 heteroatoms. The van der Waals surface area contributed by atoms with Crippen LogP contribution in [-0.2, 0) is 0 Å². The minimum absolute atomic E-state index is 0.00420. The normalized spacial score (nSPS) is 18.6. The van der Waals surface area contributed by atoms with Gasteiger partial charge in [0.05, 0.1) is 23.7 Å². The quantitative estimate of drug-likeness (QED) is 0.865. The van der Waals surface area contributed by atoms with Crippen LogP contribution in [-0.4, -0.2) is 40.1 Å². The first-order valence-electron chi connectivity index (χ1n) is 6.78. The van der Waals surface area contributed by atoms with Gasteiger partial charge in [-0.25, -0.2) is 4.98 Å². The highest BCUT2D eigenvalue weighted by Gasteiger charge is 2.29. The molecule has 2 aromatic rings. The molecule has 0 saturated carbocycles. The molecule has 1 aromatic carbocycles. The first-order valence-corrected chi connectivity index (χ1v) is 6.78. The van der Waals surface area contributed by atoms with Gasteiger partial charge in [-0.3, -0.25) is 4.79 Å². The van der Waals surface area contributed by atoms with Crippen molar-refractivity contribution < 1.29 is 9.90 Å². The third kappa shape index (κ3) is 2.10. The number of aromatic nitrogens is 1. The van der Waals surface area contributed by atoms with Gasteiger partial charge in [-0.15, -0.1) is 0 Å². The number of pyridine rings is 1. The maximum absolute atomic E-state index is 12.7. The molecule has 0 radical (unpaired) electrons. The fourth-order valence-corrected chi connectivity index (χ4v) is 2.82. The number of rotatable bonds is 2. The van der Waals surface area contributed by atoms with E-state index in [4.69, 9.17) is 5.73 Å². The van der Waals surface area contributed by atoms with Crippen molar-refractivity contribution in [2.24, 2.45) is 0 Å². The van der Waals surface area contributed by atoms with E-state index in [-0.39, 0.29) is 18.6 Å². The monoisotopic (exact) mass is 271 g/mol. The Kier molecular flexibility index (Phi) is 3.28. The fraction of sp³-hybridized carbons (Fsp3) is 0.333. The molecule has 20 heavy (non-hydrogen) atoms. The van der Waals surface area contributed by atoms with Crippen LogP contribution in [0.2, 0.25) is 0 Å². The number of aliphatic hydroxyl groups is 1. The third-order valence-corrected chi connectivity index (χ3v) is 3.82. The van der Waals surface area contributed by atoms with E-state index in [1.54, 1.807) is 11.0 Å². The lowest BCUT2D eigenvalue weighted by atomic mass is 10.1. The van der Waals surface area contributed by atoms with E-state index in [0.29, 0.717) is 17.9 Å². The number of anilines is 1. The van der Waals surface area contributed by atoms with Gasteiger partial charge in [-0.1, -0.05) is 18.2 Å². The second-order valence-electron chi connectivity index (χ2n) is 5.09. The van der Waals surface area contributed by atoms with E-state index in [1.807, 2.05) is 24.3 Å². The Labute approximate surface area is 117 Å². The van der Waals surface area contributed by atoms with Crippen LogP contribution < -0.4 is 5.73 Å². The summed E-state index contributed by atoms with van der Waals surface area (Å²) >= 11 is 0. The van der Waals surface area contributed by atoms with Crippen molar-refractivity contribution in [3.05, 3.63) is 35.9 Å². The van der Waals surface area contributed by atoms with Crippen LogP contribution in [0, 0.1) is 0 Å². The minimum atomic E-state index is -0.0874. The summed E-state index contributed by atoms with van der Waals surface area (Å²) in [6, 6.07) is 9.00. The van der Waals surface area contributed by atoms with E-state index < -0.39 is 0 Å². The average molecular weight is 271 g/mol. The molecule has 1 atom stereocenters. The van der Waals surface area contributed by atoms with Crippen LogP contribution in [0.15, 0.2) is 30.3 Å². The molecule has 0 aliphatic carbocycles. The zero-order valence-electron chi connectivity index (χ0n) is 11.1. The van der Waals surface area contributed by atoms with Crippen LogP contribution >= 0.6 is 0 Å². The summed E-state index contributed by atoms with van der Waals surface area (Å²) in [5.41, 5.74) is 7.08. The van der Waals surface area contributed by atoms with Crippen molar-refractivity contribution in [2.45, 2.75) is 18.9 Å². The summed E-state index contributed by atoms with van der Waals surface area (Å²) in [5, 5.41) is 10.2. The highest BCUT2D eigenvalue weighted by Crippen LogP contribution is 2.25. The number of aliphatic hydroxyl groups excluding tert-OH is 1. The van der Waals surface area contributed by atoms with Gasteiger partial charge in [0, 0.05) is 11.9 Å². The standard InChI is InChI=1S/C15H17N3O2/c16-14-8-12(11-5-1-2-6-13(11)17-14)15(20)18-7-3-4-10(18)9-19/h1-2,5-6,8,10,19H,3-4,7,9H2,(H2,16,17).